The average Bonchev–Trinajstić information content (AvgIpc) is 3.16. The number of anilines is 1. The third-order valence-electron chi connectivity index (χ3n) is 6.93. The van der Waals surface area contributed by atoms with Crippen molar-refractivity contribution in [2.45, 2.75) is 97.5 Å². The number of carbonyl (C=O) groups excluding carboxylic acids is 2. The van der Waals surface area contributed by atoms with Gasteiger partial charge in [-0.2, -0.15) is 0 Å². The van der Waals surface area contributed by atoms with Crippen LogP contribution in [0.4, 0.5) is 5.69 Å². The molecule has 190 valence electrons. The van der Waals surface area contributed by atoms with E-state index < -0.39 is 6.10 Å². The molecule has 0 unspecified atom stereocenters. The van der Waals surface area contributed by atoms with Crippen molar-refractivity contribution in [1.29, 1.82) is 0 Å². The van der Waals surface area contributed by atoms with Crippen molar-refractivity contribution in [2.75, 3.05) is 11.4 Å². The quantitative estimate of drug-likeness (QED) is 0.645. The first kappa shape index (κ1) is 25.3. The Labute approximate surface area is 208 Å². The Morgan fingerprint density at radius 1 is 1.11 bits per heavy atom. The number of nitrogens with zero attached hydrogens (tertiary/aromatic N) is 2. The number of fused-ring (bicyclic) bond motifs is 1. The molecule has 3 heterocycles. The normalized spacial score (nSPS) is 21.4. The fourth-order valence-electron chi connectivity index (χ4n) is 5.73. The van der Waals surface area contributed by atoms with Gasteiger partial charge in [-0.1, -0.05) is 13.0 Å². The molecule has 2 aromatic rings. The highest BCUT2D eigenvalue weighted by molar-refractivity contribution is 6.04. The summed E-state index contributed by atoms with van der Waals surface area (Å²) in [6, 6.07) is 9.63. The Bertz CT molecular complexity index is 1090. The van der Waals surface area contributed by atoms with Crippen LogP contribution in [-0.2, 0) is 16.1 Å². The summed E-state index contributed by atoms with van der Waals surface area (Å²) < 4.78 is 11.8. The van der Waals surface area contributed by atoms with Gasteiger partial charge in [0.05, 0.1) is 12.2 Å². The van der Waals surface area contributed by atoms with Crippen molar-refractivity contribution >= 4 is 17.5 Å². The van der Waals surface area contributed by atoms with Gasteiger partial charge in [0.2, 0.25) is 5.91 Å². The number of benzene rings is 1. The monoisotopic (exact) mass is 481 g/mol. The lowest BCUT2D eigenvalue weighted by Gasteiger charge is -2.49. The third-order valence-corrected chi connectivity index (χ3v) is 6.93. The molecule has 4 rings (SSSR count). The smallest absolute Gasteiger partial charge is 0.268 e. The standard InChI is InChI=1S/C28H39N3O4/c1-8-23-26(33)31(22-13-18(2)9-12-24(22)35-23)17-25(32)30(16-21-11-10-19(3)34-21)20-14-27(4,5)29-28(6,7)15-20/h9-13,20,23,29H,8,14-17H2,1-7H3/t23-/m0/s1. The van der Waals surface area contributed by atoms with Crippen LogP contribution in [0, 0.1) is 13.8 Å². The van der Waals surface area contributed by atoms with Crippen LogP contribution >= 0.6 is 0 Å². The number of rotatable bonds is 6. The molecule has 1 fully saturated rings. The van der Waals surface area contributed by atoms with Crippen LogP contribution in [0.2, 0.25) is 0 Å². The number of ether oxygens (including phenoxy) is 1. The molecular formula is C28H39N3O4. The SMILES string of the molecule is CC[C@@H]1Oc2ccc(C)cc2N(CC(=O)N(Cc2ccc(C)o2)C2CC(C)(C)NC(C)(C)C2)C1=O. The van der Waals surface area contributed by atoms with Crippen molar-refractivity contribution in [3.05, 3.63) is 47.4 Å². The Hall–Kier alpha value is -2.80. The zero-order valence-corrected chi connectivity index (χ0v) is 22.1. The predicted octanol–water partition coefficient (Wildman–Crippen LogP) is 4.74. The first-order valence-corrected chi connectivity index (χ1v) is 12.6. The second-order valence-electron chi connectivity index (χ2n) is 11.4. The molecular weight excluding hydrogens is 442 g/mol. The highest BCUT2D eigenvalue weighted by Crippen LogP contribution is 2.37. The molecule has 0 spiro atoms. The zero-order chi connectivity index (χ0) is 25.5. The van der Waals surface area contributed by atoms with E-state index in [1.54, 1.807) is 4.90 Å². The molecule has 0 aliphatic carbocycles. The molecule has 7 heteroatoms. The minimum absolute atomic E-state index is 0.00857. The van der Waals surface area contributed by atoms with Gasteiger partial charge in [0, 0.05) is 17.1 Å². The van der Waals surface area contributed by atoms with Gasteiger partial charge in [0.25, 0.3) is 5.91 Å². The molecule has 0 bridgehead atoms. The molecule has 1 N–H and O–H groups in total. The van der Waals surface area contributed by atoms with Crippen molar-refractivity contribution in [3.63, 3.8) is 0 Å². The Balaban J connectivity index is 1.67. The predicted molar refractivity (Wildman–Crippen MR) is 137 cm³/mol. The van der Waals surface area contributed by atoms with Crippen LogP contribution < -0.4 is 15.0 Å². The maximum atomic E-state index is 14.0. The second kappa shape index (κ2) is 9.34. The average molecular weight is 482 g/mol. The largest absolute Gasteiger partial charge is 0.478 e. The Kier molecular flexibility index (Phi) is 6.75. The summed E-state index contributed by atoms with van der Waals surface area (Å²) in [5.74, 6) is 1.96. The summed E-state index contributed by atoms with van der Waals surface area (Å²) in [7, 11) is 0. The van der Waals surface area contributed by atoms with E-state index in [0.29, 0.717) is 24.4 Å². The fourth-order valence-corrected chi connectivity index (χ4v) is 5.73. The van der Waals surface area contributed by atoms with Crippen molar-refractivity contribution in [1.82, 2.24) is 10.2 Å². The van der Waals surface area contributed by atoms with Gasteiger partial charge in [-0.15, -0.1) is 0 Å². The van der Waals surface area contributed by atoms with Gasteiger partial charge in [0.15, 0.2) is 6.10 Å². The Morgan fingerprint density at radius 3 is 2.40 bits per heavy atom. The van der Waals surface area contributed by atoms with E-state index in [4.69, 9.17) is 9.15 Å². The van der Waals surface area contributed by atoms with Gasteiger partial charge in [-0.3, -0.25) is 14.5 Å². The molecule has 1 aromatic carbocycles. The van der Waals surface area contributed by atoms with E-state index in [-0.39, 0.29) is 35.5 Å². The summed E-state index contributed by atoms with van der Waals surface area (Å²) in [6.45, 7) is 14.9. The lowest BCUT2D eigenvalue weighted by Crippen LogP contribution is -2.63. The van der Waals surface area contributed by atoms with Crippen molar-refractivity contribution < 1.29 is 18.7 Å². The number of piperidine rings is 1. The Morgan fingerprint density at radius 2 is 1.80 bits per heavy atom. The van der Waals surface area contributed by atoms with Gasteiger partial charge in [-0.05, 0) is 90.6 Å². The minimum atomic E-state index is -0.587. The van der Waals surface area contributed by atoms with Crippen LogP contribution in [0.5, 0.6) is 5.75 Å². The molecule has 7 nitrogen and oxygen atoms in total. The summed E-state index contributed by atoms with van der Waals surface area (Å²) in [5.41, 5.74) is 1.41. The number of aryl methyl sites for hydroxylation is 2. The molecule has 2 aliphatic heterocycles. The number of carbonyl (C=O) groups is 2. The molecule has 0 saturated carbocycles. The molecule has 35 heavy (non-hydrogen) atoms. The second-order valence-corrected chi connectivity index (χ2v) is 11.4. The lowest BCUT2D eigenvalue weighted by molar-refractivity contribution is -0.137. The summed E-state index contributed by atoms with van der Waals surface area (Å²) in [5, 5.41) is 3.70. The number of furan rings is 1. The fraction of sp³-hybridized carbons (Fsp3) is 0.571. The molecule has 2 amide bonds. The van der Waals surface area contributed by atoms with Crippen molar-refractivity contribution in [2.24, 2.45) is 0 Å². The zero-order valence-electron chi connectivity index (χ0n) is 22.1. The molecule has 0 radical (unpaired) electrons. The van der Waals surface area contributed by atoms with E-state index >= 15 is 0 Å². The molecule has 1 atom stereocenters. The van der Waals surface area contributed by atoms with Crippen LogP contribution in [0.15, 0.2) is 34.7 Å². The van der Waals surface area contributed by atoms with E-state index in [2.05, 4.69) is 33.0 Å². The van der Waals surface area contributed by atoms with Gasteiger partial charge >= 0.3 is 0 Å². The van der Waals surface area contributed by atoms with E-state index in [1.807, 2.05) is 56.0 Å². The first-order valence-electron chi connectivity index (χ1n) is 12.6. The van der Waals surface area contributed by atoms with E-state index in [0.717, 1.165) is 29.9 Å². The van der Waals surface area contributed by atoms with E-state index in [1.165, 1.54) is 0 Å². The van der Waals surface area contributed by atoms with Gasteiger partial charge < -0.3 is 19.4 Å². The van der Waals surface area contributed by atoms with Crippen LogP contribution in [0.25, 0.3) is 0 Å². The van der Waals surface area contributed by atoms with Gasteiger partial charge in [0.1, 0.15) is 23.8 Å². The molecule has 1 aromatic heterocycles. The van der Waals surface area contributed by atoms with Crippen LogP contribution in [0.3, 0.4) is 0 Å². The highest BCUT2D eigenvalue weighted by atomic mass is 16.5. The van der Waals surface area contributed by atoms with Crippen LogP contribution in [-0.4, -0.2) is 46.5 Å². The maximum Gasteiger partial charge on any atom is 0.268 e. The number of nitrogens with one attached hydrogen (secondary N) is 1. The number of amides is 2. The summed E-state index contributed by atoms with van der Waals surface area (Å²) >= 11 is 0. The van der Waals surface area contributed by atoms with Crippen molar-refractivity contribution in [3.8, 4) is 5.75 Å². The lowest BCUT2D eigenvalue weighted by atomic mass is 9.79. The number of hydrogen-bond acceptors (Lipinski definition) is 5. The number of hydrogen-bond donors (Lipinski definition) is 1. The summed E-state index contributed by atoms with van der Waals surface area (Å²) in [4.78, 5) is 30.9. The highest BCUT2D eigenvalue weighted by Gasteiger charge is 2.42. The molecule has 1 saturated heterocycles. The topological polar surface area (TPSA) is 75.0 Å². The molecule has 2 aliphatic rings. The maximum absolute atomic E-state index is 14.0. The third kappa shape index (κ3) is 5.56. The summed E-state index contributed by atoms with van der Waals surface area (Å²) in [6.07, 6.45) is 1.58. The van der Waals surface area contributed by atoms with E-state index in [9.17, 15) is 9.59 Å². The first-order chi connectivity index (χ1) is 16.4. The van der Waals surface area contributed by atoms with Gasteiger partial charge in [-0.25, -0.2) is 0 Å². The minimum Gasteiger partial charge on any atom is -0.478 e. The van der Waals surface area contributed by atoms with Crippen LogP contribution in [0.1, 0.15) is 71.0 Å².